The van der Waals surface area contributed by atoms with Gasteiger partial charge in [-0.05, 0) is 30.0 Å². The molecule has 3 nitrogen and oxygen atoms in total. The second-order valence-electron chi connectivity index (χ2n) is 4.30. The topological polar surface area (TPSA) is 45.1 Å². The standard InChI is InChI=1S/C13H14N2OS/c16-13-3-1-2-10-11(13)4-5-12(10)14-6-9-7-17-8-15-9/h1-3,7-8,12,14,16H,4-6H2. The van der Waals surface area contributed by atoms with E-state index in [1.807, 2.05) is 11.6 Å². The average molecular weight is 246 g/mol. The molecule has 0 aliphatic heterocycles. The predicted octanol–water partition coefficient (Wildman–Crippen LogP) is 2.63. The third kappa shape index (κ3) is 2.06. The number of hydrogen-bond donors (Lipinski definition) is 2. The van der Waals surface area contributed by atoms with Crippen LogP contribution in [-0.2, 0) is 13.0 Å². The van der Waals surface area contributed by atoms with Gasteiger partial charge in [0.15, 0.2) is 0 Å². The predicted molar refractivity (Wildman–Crippen MR) is 68.1 cm³/mol. The van der Waals surface area contributed by atoms with Crippen LogP contribution in [0.3, 0.4) is 0 Å². The molecule has 2 aromatic rings. The lowest BCUT2D eigenvalue weighted by atomic mass is 10.1. The summed E-state index contributed by atoms with van der Waals surface area (Å²) in [6.45, 7) is 0.795. The van der Waals surface area contributed by atoms with Gasteiger partial charge in [0.25, 0.3) is 0 Å². The minimum Gasteiger partial charge on any atom is -0.508 e. The van der Waals surface area contributed by atoms with Crippen LogP contribution in [0.15, 0.2) is 29.1 Å². The molecule has 1 aliphatic rings. The molecule has 0 bridgehead atoms. The lowest BCUT2D eigenvalue weighted by Gasteiger charge is -2.13. The third-order valence-corrected chi connectivity index (χ3v) is 3.89. The molecule has 0 radical (unpaired) electrons. The smallest absolute Gasteiger partial charge is 0.119 e. The number of thiazole rings is 1. The molecule has 0 saturated carbocycles. The highest BCUT2D eigenvalue weighted by Crippen LogP contribution is 2.36. The van der Waals surface area contributed by atoms with Crippen LogP contribution in [0.1, 0.15) is 29.3 Å². The number of benzene rings is 1. The minimum atomic E-state index is 0.346. The Bertz CT molecular complexity index is 510. The Morgan fingerprint density at radius 1 is 1.47 bits per heavy atom. The summed E-state index contributed by atoms with van der Waals surface area (Å²) in [5, 5.41) is 15.3. The molecule has 0 fully saturated rings. The van der Waals surface area contributed by atoms with Crippen molar-refractivity contribution < 1.29 is 5.11 Å². The molecule has 1 aromatic carbocycles. The molecule has 1 unspecified atom stereocenters. The summed E-state index contributed by atoms with van der Waals surface area (Å²) in [4.78, 5) is 4.26. The summed E-state index contributed by atoms with van der Waals surface area (Å²) < 4.78 is 0. The summed E-state index contributed by atoms with van der Waals surface area (Å²) in [7, 11) is 0. The first kappa shape index (κ1) is 10.7. The molecule has 1 aromatic heterocycles. The molecule has 2 N–H and O–H groups in total. The van der Waals surface area contributed by atoms with Gasteiger partial charge in [0.1, 0.15) is 5.75 Å². The highest BCUT2D eigenvalue weighted by molar-refractivity contribution is 7.07. The summed E-state index contributed by atoms with van der Waals surface area (Å²) in [5.41, 5.74) is 5.28. The maximum Gasteiger partial charge on any atom is 0.119 e. The van der Waals surface area contributed by atoms with Gasteiger partial charge in [-0.2, -0.15) is 0 Å². The first-order valence-corrected chi connectivity index (χ1v) is 6.70. The summed E-state index contributed by atoms with van der Waals surface area (Å²) in [6.07, 6.45) is 2.01. The SMILES string of the molecule is Oc1cccc2c1CCC2NCc1cscn1. The van der Waals surface area contributed by atoms with Gasteiger partial charge in [0, 0.05) is 18.0 Å². The molecule has 0 amide bonds. The van der Waals surface area contributed by atoms with Crippen molar-refractivity contribution in [2.45, 2.75) is 25.4 Å². The van der Waals surface area contributed by atoms with Crippen LogP contribution in [0.2, 0.25) is 0 Å². The second kappa shape index (κ2) is 4.47. The van der Waals surface area contributed by atoms with Gasteiger partial charge in [-0.3, -0.25) is 0 Å². The normalized spacial score (nSPS) is 18.2. The maximum atomic E-state index is 9.76. The van der Waals surface area contributed by atoms with Crippen molar-refractivity contribution in [2.24, 2.45) is 0 Å². The van der Waals surface area contributed by atoms with E-state index in [9.17, 15) is 5.11 Å². The molecule has 1 aliphatic carbocycles. The maximum absolute atomic E-state index is 9.76. The van der Waals surface area contributed by atoms with Crippen LogP contribution in [0.5, 0.6) is 5.75 Å². The highest BCUT2D eigenvalue weighted by Gasteiger charge is 2.23. The molecule has 88 valence electrons. The van der Waals surface area contributed by atoms with E-state index in [0.29, 0.717) is 11.8 Å². The average Bonchev–Trinajstić information content (AvgIpc) is 2.95. The molecule has 1 atom stereocenters. The number of phenolic OH excluding ortho intramolecular Hbond substituents is 1. The van der Waals surface area contributed by atoms with Gasteiger partial charge < -0.3 is 10.4 Å². The Morgan fingerprint density at radius 3 is 3.24 bits per heavy atom. The van der Waals surface area contributed by atoms with E-state index in [1.165, 1.54) is 5.56 Å². The fourth-order valence-corrected chi connectivity index (χ4v) is 2.96. The summed E-state index contributed by atoms with van der Waals surface area (Å²) in [6, 6.07) is 6.12. The van der Waals surface area contributed by atoms with Crippen LogP contribution >= 0.6 is 11.3 Å². The van der Waals surface area contributed by atoms with Crippen molar-refractivity contribution in [3.63, 3.8) is 0 Å². The van der Waals surface area contributed by atoms with Gasteiger partial charge in [0.05, 0.1) is 11.2 Å². The molecular weight excluding hydrogens is 232 g/mol. The molecule has 0 saturated heterocycles. The van der Waals surface area contributed by atoms with Crippen molar-refractivity contribution >= 4 is 11.3 Å². The summed E-state index contributed by atoms with van der Waals surface area (Å²) >= 11 is 1.62. The zero-order valence-corrected chi connectivity index (χ0v) is 10.2. The lowest BCUT2D eigenvalue weighted by Crippen LogP contribution is -2.18. The Balaban J connectivity index is 1.73. The van der Waals surface area contributed by atoms with Crippen molar-refractivity contribution in [2.75, 3.05) is 0 Å². The van der Waals surface area contributed by atoms with Gasteiger partial charge in [-0.25, -0.2) is 4.98 Å². The van der Waals surface area contributed by atoms with Crippen molar-refractivity contribution in [1.82, 2.24) is 10.3 Å². The number of fused-ring (bicyclic) bond motifs is 1. The number of nitrogens with one attached hydrogen (secondary N) is 1. The molecule has 3 rings (SSSR count). The first-order chi connectivity index (χ1) is 8.34. The van der Waals surface area contributed by atoms with E-state index in [-0.39, 0.29) is 0 Å². The zero-order valence-electron chi connectivity index (χ0n) is 9.39. The zero-order chi connectivity index (χ0) is 11.7. The van der Waals surface area contributed by atoms with Gasteiger partial charge in [-0.1, -0.05) is 12.1 Å². The highest BCUT2D eigenvalue weighted by atomic mass is 32.1. The van der Waals surface area contributed by atoms with Gasteiger partial charge in [0.2, 0.25) is 0 Å². The number of aromatic hydroxyl groups is 1. The van der Waals surface area contributed by atoms with Crippen molar-refractivity contribution in [3.05, 3.63) is 45.9 Å². The van der Waals surface area contributed by atoms with Crippen LogP contribution in [0.4, 0.5) is 0 Å². The Hall–Kier alpha value is -1.39. The quantitative estimate of drug-likeness (QED) is 0.875. The van der Waals surface area contributed by atoms with Gasteiger partial charge >= 0.3 is 0 Å². The molecule has 4 heteroatoms. The molecule has 1 heterocycles. The van der Waals surface area contributed by atoms with Crippen LogP contribution in [-0.4, -0.2) is 10.1 Å². The second-order valence-corrected chi connectivity index (χ2v) is 5.02. The Morgan fingerprint density at radius 2 is 2.41 bits per heavy atom. The van der Waals surface area contributed by atoms with E-state index < -0.39 is 0 Å². The minimum absolute atomic E-state index is 0.346. The number of aromatic nitrogens is 1. The van der Waals surface area contributed by atoms with E-state index in [1.54, 1.807) is 17.4 Å². The molecule has 0 spiro atoms. The number of nitrogens with zero attached hydrogens (tertiary/aromatic N) is 1. The van der Waals surface area contributed by atoms with E-state index in [4.69, 9.17) is 0 Å². The van der Waals surface area contributed by atoms with E-state index in [0.717, 1.165) is 30.6 Å². The summed E-state index contributed by atoms with van der Waals surface area (Å²) in [5.74, 6) is 0.431. The van der Waals surface area contributed by atoms with Crippen molar-refractivity contribution in [1.29, 1.82) is 0 Å². The lowest BCUT2D eigenvalue weighted by molar-refractivity contribution is 0.469. The van der Waals surface area contributed by atoms with Crippen LogP contribution in [0.25, 0.3) is 0 Å². The first-order valence-electron chi connectivity index (χ1n) is 5.76. The fourth-order valence-electron chi connectivity index (χ4n) is 2.40. The van der Waals surface area contributed by atoms with E-state index >= 15 is 0 Å². The fraction of sp³-hybridized carbons (Fsp3) is 0.308. The van der Waals surface area contributed by atoms with Crippen LogP contribution < -0.4 is 5.32 Å². The number of rotatable bonds is 3. The third-order valence-electron chi connectivity index (χ3n) is 3.26. The van der Waals surface area contributed by atoms with E-state index in [2.05, 4.69) is 21.7 Å². The Labute approximate surface area is 104 Å². The molecular formula is C13H14N2OS. The number of phenols is 1. The monoisotopic (exact) mass is 246 g/mol. The largest absolute Gasteiger partial charge is 0.508 e. The number of hydrogen-bond acceptors (Lipinski definition) is 4. The van der Waals surface area contributed by atoms with Crippen molar-refractivity contribution in [3.8, 4) is 5.75 Å². The van der Waals surface area contributed by atoms with Gasteiger partial charge in [-0.15, -0.1) is 11.3 Å². The Kier molecular flexibility index (Phi) is 2.82. The molecule has 17 heavy (non-hydrogen) atoms. The van der Waals surface area contributed by atoms with Crippen LogP contribution in [0, 0.1) is 0 Å².